The number of Topliss-reactive ketones (excluding diaryl/α,β-unsaturated/α-hetero) is 1. The summed E-state index contributed by atoms with van der Waals surface area (Å²) in [4.78, 5) is 13.1. The Balaban J connectivity index is 1.99. The Hall–Kier alpha value is -1.26. The molecule has 19 heavy (non-hydrogen) atoms. The molecule has 0 aliphatic rings. The molecule has 2 nitrogen and oxygen atoms in total. The normalized spacial score (nSPS) is 10.2. The molecule has 4 heteroatoms. The Morgan fingerprint density at radius 2 is 1.84 bits per heavy atom. The first-order valence-electron chi connectivity index (χ1n) is 5.75. The van der Waals surface area contributed by atoms with Crippen LogP contribution in [-0.2, 0) is 0 Å². The van der Waals surface area contributed by atoms with E-state index in [1.807, 2.05) is 24.3 Å². The van der Waals surface area contributed by atoms with E-state index in [1.165, 1.54) is 11.8 Å². The third-order valence-electron chi connectivity index (χ3n) is 2.61. The number of methoxy groups -OCH3 is 1. The van der Waals surface area contributed by atoms with Crippen LogP contribution in [0.5, 0.6) is 5.75 Å². The van der Waals surface area contributed by atoms with Crippen molar-refractivity contribution < 1.29 is 9.53 Å². The van der Waals surface area contributed by atoms with Gasteiger partial charge in [-0.2, -0.15) is 0 Å². The molecule has 2 aromatic carbocycles. The maximum absolute atomic E-state index is 12.1. The number of ketones is 1. The van der Waals surface area contributed by atoms with Crippen molar-refractivity contribution in [3.8, 4) is 5.75 Å². The second kappa shape index (κ2) is 6.78. The number of hydrogen-bond donors (Lipinski definition) is 0. The summed E-state index contributed by atoms with van der Waals surface area (Å²) in [5, 5.41) is 0. The lowest BCUT2D eigenvalue weighted by atomic mass is 10.1. The van der Waals surface area contributed by atoms with Gasteiger partial charge in [-0.05, 0) is 52.3 Å². The van der Waals surface area contributed by atoms with Crippen LogP contribution in [-0.4, -0.2) is 18.6 Å². The molecular formula is C15H13BrO2S. The molecule has 0 heterocycles. The topological polar surface area (TPSA) is 26.3 Å². The Bertz CT molecular complexity index is 567. The van der Waals surface area contributed by atoms with Crippen LogP contribution in [0.4, 0.5) is 0 Å². The Kier molecular flexibility index (Phi) is 5.05. The summed E-state index contributed by atoms with van der Waals surface area (Å²) in [6, 6.07) is 15.1. The summed E-state index contributed by atoms with van der Waals surface area (Å²) in [6.07, 6.45) is 0. The van der Waals surface area contributed by atoms with Gasteiger partial charge >= 0.3 is 0 Å². The Labute approximate surface area is 125 Å². The van der Waals surface area contributed by atoms with Gasteiger partial charge in [-0.1, -0.05) is 12.1 Å². The van der Waals surface area contributed by atoms with E-state index in [0.717, 1.165) is 15.1 Å². The maximum atomic E-state index is 12.1. The molecule has 0 radical (unpaired) electrons. The molecule has 0 atom stereocenters. The van der Waals surface area contributed by atoms with Gasteiger partial charge in [0.05, 0.1) is 12.9 Å². The fraction of sp³-hybridized carbons (Fsp3) is 0.133. The van der Waals surface area contributed by atoms with Crippen molar-refractivity contribution in [2.45, 2.75) is 4.90 Å². The number of carbonyl (C=O) groups excluding carboxylic acids is 1. The van der Waals surface area contributed by atoms with Crippen molar-refractivity contribution in [1.29, 1.82) is 0 Å². The summed E-state index contributed by atoms with van der Waals surface area (Å²) >= 11 is 5.01. The molecule has 0 fully saturated rings. The van der Waals surface area contributed by atoms with Gasteiger partial charge < -0.3 is 4.74 Å². The molecule has 0 aromatic heterocycles. The van der Waals surface area contributed by atoms with Crippen LogP contribution in [0.1, 0.15) is 10.4 Å². The molecule has 0 aliphatic carbocycles. The van der Waals surface area contributed by atoms with Crippen LogP contribution in [0.15, 0.2) is 57.9 Å². The predicted octanol–water partition coefficient (Wildman–Crippen LogP) is 4.43. The van der Waals surface area contributed by atoms with E-state index in [9.17, 15) is 4.79 Å². The molecule has 0 saturated carbocycles. The first kappa shape index (κ1) is 14.2. The third-order valence-corrected chi connectivity index (χ3v) is 4.63. The minimum absolute atomic E-state index is 0.114. The zero-order valence-corrected chi connectivity index (χ0v) is 12.8. The molecule has 0 amide bonds. The molecule has 2 rings (SSSR count). The van der Waals surface area contributed by atoms with Gasteiger partial charge in [0, 0.05) is 14.9 Å². The molecule has 0 aliphatic heterocycles. The summed E-state index contributed by atoms with van der Waals surface area (Å²) in [7, 11) is 1.61. The van der Waals surface area contributed by atoms with Crippen LogP contribution < -0.4 is 4.74 Å². The highest BCUT2D eigenvalue weighted by atomic mass is 79.9. The molecule has 98 valence electrons. The molecule has 0 unspecified atom stereocenters. The number of benzene rings is 2. The number of thioether (sulfide) groups is 1. The van der Waals surface area contributed by atoms with Gasteiger partial charge in [0.15, 0.2) is 5.78 Å². The zero-order valence-electron chi connectivity index (χ0n) is 10.4. The van der Waals surface area contributed by atoms with Crippen molar-refractivity contribution in [1.82, 2.24) is 0 Å². The molecule has 0 bridgehead atoms. The van der Waals surface area contributed by atoms with Crippen molar-refractivity contribution in [3.05, 3.63) is 58.6 Å². The largest absolute Gasteiger partial charge is 0.497 e. The molecule has 0 saturated heterocycles. The Morgan fingerprint density at radius 3 is 2.47 bits per heavy atom. The molecular weight excluding hydrogens is 324 g/mol. The summed E-state index contributed by atoms with van der Waals surface area (Å²) < 4.78 is 6.09. The van der Waals surface area contributed by atoms with E-state index < -0.39 is 0 Å². The van der Waals surface area contributed by atoms with E-state index in [-0.39, 0.29) is 5.78 Å². The van der Waals surface area contributed by atoms with E-state index in [1.54, 1.807) is 31.4 Å². The van der Waals surface area contributed by atoms with Crippen LogP contribution >= 0.6 is 27.7 Å². The SMILES string of the molecule is COc1ccc(C(=O)CSc2ccccc2Br)cc1. The third kappa shape index (κ3) is 3.85. The second-order valence-corrected chi connectivity index (χ2v) is 5.74. The molecule has 0 spiro atoms. The van der Waals surface area contributed by atoms with Gasteiger partial charge in [-0.3, -0.25) is 4.79 Å². The smallest absolute Gasteiger partial charge is 0.173 e. The predicted molar refractivity (Wildman–Crippen MR) is 82.2 cm³/mol. The summed E-state index contributed by atoms with van der Waals surface area (Å²) in [5.41, 5.74) is 0.709. The van der Waals surface area contributed by atoms with Gasteiger partial charge in [0.1, 0.15) is 5.75 Å². The number of carbonyl (C=O) groups is 1. The lowest BCUT2D eigenvalue weighted by Crippen LogP contribution is -2.02. The zero-order chi connectivity index (χ0) is 13.7. The van der Waals surface area contributed by atoms with Crippen molar-refractivity contribution in [3.63, 3.8) is 0 Å². The van der Waals surface area contributed by atoms with E-state index in [4.69, 9.17) is 4.74 Å². The average Bonchev–Trinajstić information content (AvgIpc) is 2.46. The van der Waals surface area contributed by atoms with Crippen LogP contribution in [0, 0.1) is 0 Å². The van der Waals surface area contributed by atoms with Gasteiger partial charge in [0.2, 0.25) is 0 Å². The molecule has 2 aromatic rings. The minimum Gasteiger partial charge on any atom is -0.497 e. The monoisotopic (exact) mass is 336 g/mol. The van der Waals surface area contributed by atoms with Gasteiger partial charge in [0.25, 0.3) is 0 Å². The van der Waals surface area contributed by atoms with Crippen molar-refractivity contribution >= 4 is 33.5 Å². The number of rotatable bonds is 5. The van der Waals surface area contributed by atoms with Crippen LogP contribution in [0.2, 0.25) is 0 Å². The highest BCUT2D eigenvalue weighted by molar-refractivity contribution is 9.10. The standard InChI is InChI=1S/C15H13BrO2S/c1-18-12-8-6-11(7-9-12)14(17)10-19-15-5-3-2-4-13(15)16/h2-9H,10H2,1H3. The van der Waals surface area contributed by atoms with Gasteiger partial charge in [-0.25, -0.2) is 0 Å². The van der Waals surface area contributed by atoms with Crippen molar-refractivity contribution in [2.75, 3.05) is 12.9 Å². The number of ether oxygens (including phenoxy) is 1. The second-order valence-electron chi connectivity index (χ2n) is 3.87. The van der Waals surface area contributed by atoms with Crippen molar-refractivity contribution in [2.24, 2.45) is 0 Å². The Morgan fingerprint density at radius 1 is 1.16 bits per heavy atom. The fourth-order valence-electron chi connectivity index (χ4n) is 1.57. The van der Waals surface area contributed by atoms with Crippen LogP contribution in [0.25, 0.3) is 0 Å². The van der Waals surface area contributed by atoms with E-state index >= 15 is 0 Å². The average molecular weight is 337 g/mol. The molecule has 0 N–H and O–H groups in total. The van der Waals surface area contributed by atoms with E-state index in [2.05, 4.69) is 15.9 Å². The summed E-state index contributed by atoms with van der Waals surface area (Å²) in [5.74, 6) is 1.30. The maximum Gasteiger partial charge on any atom is 0.173 e. The summed E-state index contributed by atoms with van der Waals surface area (Å²) in [6.45, 7) is 0. The number of halogens is 1. The minimum atomic E-state index is 0.114. The van der Waals surface area contributed by atoms with Gasteiger partial charge in [-0.15, -0.1) is 11.8 Å². The lowest BCUT2D eigenvalue weighted by Gasteiger charge is -2.04. The number of hydrogen-bond acceptors (Lipinski definition) is 3. The lowest BCUT2D eigenvalue weighted by molar-refractivity contribution is 0.102. The first-order valence-corrected chi connectivity index (χ1v) is 7.53. The van der Waals surface area contributed by atoms with Crippen LogP contribution in [0.3, 0.4) is 0 Å². The first-order chi connectivity index (χ1) is 9.20. The highest BCUT2D eigenvalue weighted by Crippen LogP contribution is 2.27. The quantitative estimate of drug-likeness (QED) is 0.596. The highest BCUT2D eigenvalue weighted by Gasteiger charge is 2.08. The fourth-order valence-corrected chi connectivity index (χ4v) is 3.03. The van der Waals surface area contributed by atoms with E-state index in [0.29, 0.717) is 11.3 Å².